The van der Waals surface area contributed by atoms with Gasteiger partial charge in [0.05, 0.1) is 81.2 Å². The minimum atomic E-state index is -1.04. The van der Waals surface area contributed by atoms with E-state index < -0.39 is 6.17 Å². The number of hydrogen-bond acceptors (Lipinski definition) is 5. The topological polar surface area (TPSA) is 106 Å². The third-order valence-electron chi connectivity index (χ3n) is 8.75. The number of nitrogens with one attached hydrogen (secondary N) is 1. The Labute approximate surface area is 430 Å². The number of aromatic nitrogens is 2. The monoisotopic (exact) mass is 1380 g/mol. The molecule has 0 fully saturated rings. The van der Waals surface area contributed by atoms with Gasteiger partial charge in [-0.15, -0.1) is 0 Å². The quantitative estimate of drug-likeness (QED) is 0.0913. The first kappa shape index (κ1) is 44.3. The van der Waals surface area contributed by atoms with E-state index in [-0.39, 0.29) is 113 Å². The van der Waals surface area contributed by atoms with Gasteiger partial charge in [0, 0.05) is 51.9 Å². The van der Waals surface area contributed by atoms with Gasteiger partial charge in [0.2, 0.25) is 0 Å². The van der Waals surface area contributed by atoms with Crippen molar-refractivity contribution >= 4 is 262 Å². The summed E-state index contributed by atoms with van der Waals surface area (Å²) in [5.41, 5.74) is 1.82. The number of rotatable bonds is 0. The first-order valence-electron chi connectivity index (χ1n) is 14.8. The fraction of sp³-hybridized carbons (Fsp3) is 0.0312. The number of halogens is 16. The number of aliphatic imine (C=N–C) groups is 3. The fourth-order valence-electron chi connectivity index (χ4n) is 6.31. The van der Waals surface area contributed by atoms with Crippen LogP contribution in [0.15, 0.2) is 51.8 Å². The average Bonchev–Trinajstić information content (AvgIpc) is 3.92. The molecular formula is C32H2Br6Cl10CuN8. The minimum absolute atomic E-state index is 0. The number of aromatic amines is 1. The first-order chi connectivity index (χ1) is 26.4. The third kappa shape index (κ3) is 6.56. The van der Waals surface area contributed by atoms with Crippen LogP contribution in [0.4, 0.5) is 11.6 Å². The smallest absolute Gasteiger partial charge is 0.438 e. The number of H-pyrrole nitrogens is 1. The van der Waals surface area contributed by atoms with E-state index in [1.54, 1.807) is 0 Å². The normalized spacial score (nSPS) is 17.9. The SMILES string of the molecule is Clc1c(Cl)c(Br)c2c(c1Cl)/C1=N/c3[n-]c(c4c(Br)c(Cl)c(Br)c(Cl)c34)/N=C3\N=C(N=c4[nH]/c(c5c(Cl)c(Br)c(Cl)c(Br)c45)=N\C2[N-]1)c1c(Cl)c(Br)c(Cl)c(Cl)c13.[Cu+2]. The van der Waals surface area contributed by atoms with Crippen LogP contribution in [0.25, 0.3) is 26.9 Å². The summed E-state index contributed by atoms with van der Waals surface area (Å²) in [5, 5.41) is 8.06. The Morgan fingerprint density at radius 2 is 0.965 bits per heavy atom. The van der Waals surface area contributed by atoms with E-state index in [2.05, 4.69) is 101 Å². The Hall–Kier alpha value is 0.669. The van der Waals surface area contributed by atoms with Gasteiger partial charge in [-0.25, -0.2) is 9.98 Å². The second-order valence-electron chi connectivity index (χ2n) is 11.7. The summed E-state index contributed by atoms with van der Waals surface area (Å²) in [6, 6.07) is 0. The van der Waals surface area contributed by atoms with E-state index in [0.717, 1.165) is 0 Å². The Morgan fingerprint density at radius 1 is 0.439 bits per heavy atom. The summed E-state index contributed by atoms with van der Waals surface area (Å²) >= 11 is 89.7. The maximum absolute atomic E-state index is 7.01. The predicted molar refractivity (Wildman–Crippen MR) is 252 cm³/mol. The van der Waals surface area contributed by atoms with Crippen LogP contribution in [0.1, 0.15) is 28.4 Å². The van der Waals surface area contributed by atoms with Gasteiger partial charge in [-0.3, -0.25) is 4.99 Å². The van der Waals surface area contributed by atoms with Gasteiger partial charge in [-0.05, 0) is 107 Å². The van der Waals surface area contributed by atoms with Crippen LogP contribution in [0, 0.1) is 0 Å². The van der Waals surface area contributed by atoms with Crippen LogP contribution in [-0.2, 0) is 17.1 Å². The Kier molecular flexibility index (Phi) is 12.5. The van der Waals surface area contributed by atoms with Gasteiger partial charge < -0.3 is 25.3 Å². The molecule has 3 aliphatic heterocycles. The van der Waals surface area contributed by atoms with Gasteiger partial charge >= 0.3 is 17.1 Å². The first-order valence-corrected chi connectivity index (χ1v) is 23.3. The number of hydrogen-bond donors (Lipinski definition) is 1. The molecule has 8 bridgehead atoms. The molecule has 5 heterocycles. The number of benzene rings is 4. The van der Waals surface area contributed by atoms with Crippen LogP contribution in [0.2, 0.25) is 50.2 Å². The molecule has 1 unspecified atom stereocenters. The molecule has 1 N–H and O–H groups in total. The van der Waals surface area contributed by atoms with Crippen LogP contribution in [-0.4, -0.2) is 22.5 Å². The molecule has 1 radical (unpaired) electrons. The molecule has 8 nitrogen and oxygen atoms in total. The van der Waals surface area contributed by atoms with E-state index in [1.807, 2.05) is 0 Å². The molecule has 3 aliphatic rings. The molecule has 4 aromatic carbocycles. The Bertz CT molecular complexity index is 3150. The summed E-state index contributed by atoms with van der Waals surface area (Å²) in [5.74, 6) is 0.411. The standard InChI is InChI=1S/C32H2Br6Cl10N8.Cu/c33-9-1-4(15(39)12(36)20(9)44)28-49-25(1)53-31-7-8(18(42)23(47)14(38)17(7)41)32(56-31)54-26-2-5(16(40)13(37)21(45)10(2)34)29(50-26)55-30-6-3(27(51-28)52-30)11(35)22(46)24(48)19(6)43;/h27H,(H-,49,51,52,53,54,55,56);/q-2;+2. The van der Waals surface area contributed by atoms with Gasteiger partial charge in [-0.2, -0.15) is 0 Å². The third-order valence-corrected chi connectivity index (χ3v) is 19.7. The van der Waals surface area contributed by atoms with Gasteiger partial charge in [0.15, 0.2) is 5.84 Å². The van der Waals surface area contributed by atoms with Gasteiger partial charge in [-0.1, -0.05) is 122 Å². The zero-order valence-corrected chi connectivity index (χ0v) is 44.1. The fourth-order valence-corrected chi connectivity index (χ4v) is 12.5. The molecule has 9 rings (SSSR count). The molecule has 0 saturated heterocycles. The van der Waals surface area contributed by atoms with Crippen molar-refractivity contribution in [2.75, 3.05) is 0 Å². The van der Waals surface area contributed by atoms with E-state index in [1.165, 1.54) is 0 Å². The van der Waals surface area contributed by atoms with Crippen molar-refractivity contribution in [1.29, 1.82) is 0 Å². The van der Waals surface area contributed by atoms with Crippen molar-refractivity contribution < 1.29 is 17.1 Å². The van der Waals surface area contributed by atoms with Crippen molar-refractivity contribution in [3.8, 4) is 0 Å². The molecule has 0 aliphatic carbocycles. The number of amidine groups is 3. The molecule has 293 valence electrons. The molecule has 1 atom stereocenters. The molecule has 25 heteroatoms. The second-order valence-corrected chi connectivity index (χ2v) is 20.2. The Balaban J connectivity index is 0.00000455. The molecule has 2 aromatic heterocycles. The van der Waals surface area contributed by atoms with E-state index >= 15 is 0 Å². The molecule has 6 aromatic rings. The summed E-state index contributed by atoms with van der Waals surface area (Å²) in [7, 11) is 0. The zero-order valence-electron chi connectivity index (χ0n) is 26.1. The van der Waals surface area contributed by atoms with E-state index in [4.69, 9.17) is 151 Å². The van der Waals surface area contributed by atoms with Gasteiger partial charge in [0.1, 0.15) is 11.0 Å². The molecule has 0 saturated carbocycles. The van der Waals surface area contributed by atoms with Crippen molar-refractivity contribution in [2.45, 2.75) is 6.17 Å². The van der Waals surface area contributed by atoms with Crippen molar-refractivity contribution in [1.82, 2.24) is 9.97 Å². The largest absolute Gasteiger partial charge is 2.00 e. The summed E-state index contributed by atoms with van der Waals surface area (Å²) in [6.45, 7) is 0. The van der Waals surface area contributed by atoms with Gasteiger partial charge in [0.25, 0.3) is 0 Å². The molecule has 0 spiro atoms. The summed E-state index contributed by atoms with van der Waals surface area (Å²) in [4.78, 5) is 32.9. The molecule has 57 heavy (non-hydrogen) atoms. The molecule has 0 amide bonds. The second kappa shape index (κ2) is 16.0. The van der Waals surface area contributed by atoms with Crippen molar-refractivity contribution in [3.05, 3.63) is 116 Å². The minimum Gasteiger partial charge on any atom is -0.438 e. The molecular weight excluding hydrogens is 1390 g/mol. The summed E-state index contributed by atoms with van der Waals surface area (Å²) < 4.78 is 2.28. The zero-order chi connectivity index (χ0) is 40.1. The van der Waals surface area contributed by atoms with Crippen molar-refractivity contribution in [3.63, 3.8) is 0 Å². The van der Waals surface area contributed by atoms with Crippen LogP contribution < -0.4 is 16.0 Å². The number of nitrogens with zero attached hydrogens (tertiary/aromatic N) is 7. The number of fused-ring (bicyclic) bond motifs is 19. The maximum Gasteiger partial charge on any atom is 2.00 e. The summed E-state index contributed by atoms with van der Waals surface area (Å²) in [6.07, 6.45) is -1.04. The van der Waals surface area contributed by atoms with E-state index in [0.29, 0.717) is 65.1 Å². The van der Waals surface area contributed by atoms with Crippen LogP contribution in [0.5, 0.6) is 0 Å². The maximum atomic E-state index is 7.01. The predicted octanol–water partition coefficient (Wildman–Crippen LogP) is 16.6. The van der Waals surface area contributed by atoms with E-state index in [9.17, 15) is 0 Å². The Morgan fingerprint density at radius 3 is 1.63 bits per heavy atom. The van der Waals surface area contributed by atoms with Crippen LogP contribution in [0.3, 0.4) is 0 Å². The van der Waals surface area contributed by atoms with Crippen molar-refractivity contribution in [2.24, 2.45) is 25.0 Å². The van der Waals surface area contributed by atoms with Crippen LogP contribution >= 0.6 is 212 Å². The average molecular weight is 1400 g/mol.